The van der Waals surface area contributed by atoms with Gasteiger partial charge in [-0.25, -0.2) is 4.98 Å². The molecule has 0 aliphatic carbocycles. The van der Waals surface area contributed by atoms with Gasteiger partial charge in [-0.15, -0.1) is 11.6 Å². The minimum Gasteiger partial charge on any atom is -0.433 e. The number of fused-ring (bicyclic) bond motifs is 1. The van der Waals surface area contributed by atoms with E-state index >= 15 is 0 Å². The van der Waals surface area contributed by atoms with Gasteiger partial charge in [0.15, 0.2) is 5.58 Å². The molecule has 0 saturated carbocycles. The zero-order chi connectivity index (χ0) is 10.1. The van der Waals surface area contributed by atoms with Crippen molar-refractivity contribution in [2.45, 2.75) is 12.8 Å². The van der Waals surface area contributed by atoms with Crippen LogP contribution in [0.5, 0.6) is 0 Å². The predicted octanol–water partition coefficient (Wildman–Crippen LogP) is 2.77. The lowest BCUT2D eigenvalue weighted by molar-refractivity contribution is 0.0983. The third-order valence-electron chi connectivity index (χ3n) is 1.94. The van der Waals surface area contributed by atoms with Gasteiger partial charge in [-0.3, -0.25) is 4.79 Å². The molecule has 72 valence electrons. The highest BCUT2D eigenvalue weighted by molar-refractivity contribution is 6.17. The van der Waals surface area contributed by atoms with Crippen LogP contribution in [0.25, 0.3) is 11.1 Å². The molecule has 0 fully saturated rings. The van der Waals surface area contributed by atoms with Crippen LogP contribution in [0, 0.1) is 0 Å². The Balaban J connectivity index is 2.70. The summed E-state index contributed by atoms with van der Waals surface area (Å²) in [6.45, 7) is 1.42. The molecular weight excluding hydrogens is 202 g/mol. The zero-order valence-corrected chi connectivity index (χ0v) is 8.34. The second-order valence-corrected chi connectivity index (χ2v) is 3.24. The van der Waals surface area contributed by atoms with E-state index in [0.29, 0.717) is 17.0 Å². The topological polar surface area (TPSA) is 43.1 Å². The normalized spacial score (nSPS) is 10.7. The summed E-state index contributed by atoms with van der Waals surface area (Å²) in [6.07, 6.45) is 0. The average molecular weight is 210 g/mol. The largest absolute Gasteiger partial charge is 0.433 e. The number of hydrogen-bond acceptors (Lipinski definition) is 3. The van der Waals surface area contributed by atoms with Crippen molar-refractivity contribution >= 4 is 28.5 Å². The number of ketones is 1. The van der Waals surface area contributed by atoms with Crippen molar-refractivity contribution in [1.29, 1.82) is 0 Å². The van der Waals surface area contributed by atoms with E-state index in [-0.39, 0.29) is 11.7 Å². The monoisotopic (exact) mass is 209 g/mol. The van der Waals surface area contributed by atoms with Crippen LogP contribution in [0.1, 0.15) is 23.2 Å². The molecule has 0 unspecified atom stereocenters. The molecule has 0 bridgehead atoms. The van der Waals surface area contributed by atoms with Crippen LogP contribution in [0.3, 0.4) is 0 Å². The van der Waals surface area contributed by atoms with Gasteiger partial charge in [-0.1, -0.05) is 12.1 Å². The van der Waals surface area contributed by atoms with Gasteiger partial charge in [0.1, 0.15) is 5.52 Å². The van der Waals surface area contributed by atoms with Gasteiger partial charge in [0, 0.05) is 12.5 Å². The quantitative estimate of drug-likeness (QED) is 0.564. The molecule has 1 heterocycles. The summed E-state index contributed by atoms with van der Waals surface area (Å²) in [6, 6.07) is 5.48. The lowest BCUT2D eigenvalue weighted by Gasteiger charge is -1.93. The van der Waals surface area contributed by atoms with Crippen LogP contribution in [-0.2, 0) is 5.88 Å². The smallest absolute Gasteiger partial charge is 0.263 e. The fraction of sp³-hybridized carbons (Fsp3) is 0.200. The standard InChI is InChI=1S/C10H8ClNO2/c1-6(13)10-12-8-4-2-3-7(5-11)9(8)14-10/h2-4H,5H2,1H3. The SMILES string of the molecule is CC(=O)c1nc2cccc(CCl)c2o1. The van der Waals surface area contributed by atoms with E-state index in [9.17, 15) is 4.79 Å². The molecular formula is C10H8ClNO2. The number of rotatable bonds is 2. The van der Waals surface area contributed by atoms with Gasteiger partial charge in [-0.2, -0.15) is 0 Å². The van der Waals surface area contributed by atoms with Gasteiger partial charge in [-0.05, 0) is 6.07 Å². The van der Waals surface area contributed by atoms with E-state index in [2.05, 4.69) is 4.98 Å². The van der Waals surface area contributed by atoms with Gasteiger partial charge in [0.05, 0.1) is 5.88 Å². The Kier molecular flexibility index (Phi) is 2.25. The number of carbonyl (C=O) groups excluding carboxylic acids is 1. The Morgan fingerprint density at radius 2 is 2.36 bits per heavy atom. The molecule has 3 nitrogen and oxygen atoms in total. The molecule has 0 radical (unpaired) electrons. The van der Waals surface area contributed by atoms with Crippen LogP contribution >= 0.6 is 11.6 Å². The fourth-order valence-corrected chi connectivity index (χ4v) is 1.47. The number of oxazole rings is 1. The van der Waals surface area contributed by atoms with Crippen LogP contribution in [0.4, 0.5) is 0 Å². The van der Waals surface area contributed by atoms with Crippen molar-refractivity contribution < 1.29 is 9.21 Å². The van der Waals surface area contributed by atoms with Crippen molar-refractivity contribution in [1.82, 2.24) is 4.98 Å². The van der Waals surface area contributed by atoms with Crippen molar-refractivity contribution in [3.63, 3.8) is 0 Å². The third-order valence-corrected chi connectivity index (χ3v) is 2.23. The number of aromatic nitrogens is 1. The minimum absolute atomic E-state index is 0.137. The van der Waals surface area contributed by atoms with Crippen LogP contribution in [-0.4, -0.2) is 10.8 Å². The molecule has 0 saturated heterocycles. The molecule has 0 N–H and O–H groups in total. The number of Topliss-reactive ketones (excluding diaryl/α,β-unsaturated/α-hetero) is 1. The molecule has 0 spiro atoms. The number of carbonyl (C=O) groups is 1. The molecule has 1 aromatic carbocycles. The second kappa shape index (κ2) is 3.42. The first kappa shape index (κ1) is 9.21. The Morgan fingerprint density at radius 1 is 1.57 bits per heavy atom. The summed E-state index contributed by atoms with van der Waals surface area (Å²) in [5, 5.41) is 0. The Hall–Kier alpha value is -1.35. The predicted molar refractivity (Wildman–Crippen MR) is 53.6 cm³/mol. The summed E-state index contributed by atoms with van der Waals surface area (Å²) in [5.74, 6) is 0.309. The molecule has 0 aliphatic heterocycles. The zero-order valence-electron chi connectivity index (χ0n) is 7.58. The van der Waals surface area contributed by atoms with Crippen molar-refractivity contribution in [3.05, 3.63) is 29.7 Å². The maximum Gasteiger partial charge on any atom is 0.263 e. The van der Waals surface area contributed by atoms with Crippen molar-refractivity contribution in [3.8, 4) is 0 Å². The van der Waals surface area contributed by atoms with E-state index in [4.69, 9.17) is 16.0 Å². The highest BCUT2D eigenvalue weighted by Gasteiger charge is 2.11. The Labute approximate surface area is 85.7 Å². The summed E-state index contributed by atoms with van der Waals surface area (Å²) in [7, 11) is 0. The van der Waals surface area contributed by atoms with Gasteiger partial charge in [0.2, 0.25) is 5.78 Å². The van der Waals surface area contributed by atoms with Gasteiger partial charge < -0.3 is 4.42 Å². The highest BCUT2D eigenvalue weighted by atomic mass is 35.5. The number of benzene rings is 1. The fourth-order valence-electron chi connectivity index (χ4n) is 1.26. The molecule has 2 aromatic rings. The second-order valence-electron chi connectivity index (χ2n) is 2.97. The summed E-state index contributed by atoms with van der Waals surface area (Å²) in [4.78, 5) is 15.1. The lowest BCUT2D eigenvalue weighted by Crippen LogP contribution is -1.89. The molecule has 1 aromatic heterocycles. The first-order valence-corrected chi connectivity index (χ1v) is 4.71. The number of para-hydroxylation sites is 1. The first-order chi connectivity index (χ1) is 6.72. The summed E-state index contributed by atoms with van der Waals surface area (Å²) < 4.78 is 5.31. The van der Waals surface area contributed by atoms with Gasteiger partial charge in [0.25, 0.3) is 5.89 Å². The summed E-state index contributed by atoms with van der Waals surface area (Å²) >= 11 is 5.72. The maximum atomic E-state index is 11.0. The molecule has 2 rings (SSSR count). The Bertz CT molecular complexity index is 490. The van der Waals surface area contributed by atoms with E-state index in [1.165, 1.54) is 6.92 Å². The molecule has 0 aliphatic rings. The lowest BCUT2D eigenvalue weighted by atomic mass is 10.2. The first-order valence-electron chi connectivity index (χ1n) is 4.17. The van der Waals surface area contributed by atoms with Crippen LogP contribution < -0.4 is 0 Å². The Morgan fingerprint density at radius 3 is 3.00 bits per heavy atom. The van der Waals surface area contributed by atoms with Crippen molar-refractivity contribution in [2.24, 2.45) is 0 Å². The van der Waals surface area contributed by atoms with E-state index < -0.39 is 0 Å². The highest BCUT2D eigenvalue weighted by Crippen LogP contribution is 2.21. The third kappa shape index (κ3) is 1.40. The number of hydrogen-bond donors (Lipinski definition) is 0. The van der Waals surface area contributed by atoms with E-state index in [1.807, 2.05) is 12.1 Å². The summed E-state index contributed by atoms with van der Waals surface area (Å²) in [5.41, 5.74) is 2.13. The van der Waals surface area contributed by atoms with Crippen LogP contribution in [0.15, 0.2) is 22.6 Å². The number of alkyl halides is 1. The molecule has 0 amide bonds. The number of halogens is 1. The molecule has 0 atom stereocenters. The molecule has 14 heavy (non-hydrogen) atoms. The minimum atomic E-state index is -0.179. The maximum absolute atomic E-state index is 11.0. The van der Waals surface area contributed by atoms with Crippen molar-refractivity contribution in [2.75, 3.05) is 0 Å². The van der Waals surface area contributed by atoms with Crippen LogP contribution in [0.2, 0.25) is 0 Å². The van der Waals surface area contributed by atoms with E-state index in [0.717, 1.165) is 5.56 Å². The van der Waals surface area contributed by atoms with Gasteiger partial charge >= 0.3 is 0 Å². The average Bonchev–Trinajstić information content (AvgIpc) is 2.60. The molecule has 4 heteroatoms. The van der Waals surface area contributed by atoms with E-state index in [1.54, 1.807) is 6.07 Å². The number of nitrogens with zero attached hydrogens (tertiary/aromatic N) is 1.